The van der Waals surface area contributed by atoms with Crippen molar-refractivity contribution in [1.82, 2.24) is 25.8 Å². The lowest BCUT2D eigenvalue weighted by Gasteiger charge is -2.36. The maximum absolute atomic E-state index is 14.1. The minimum atomic E-state index is -1.46. The summed E-state index contributed by atoms with van der Waals surface area (Å²) in [5, 5.41) is 19.2. The Bertz CT molecular complexity index is 1150. The van der Waals surface area contributed by atoms with Crippen LogP contribution in [-0.2, 0) is 19.1 Å². The van der Waals surface area contributed by atoms with E-state index in [1.54, 1.807) is 53.7 Å². The van der Waals surface area contributed by atoms with Gasteiger partial charge in [0, 0.05) is 25.7 Å². The summed E-state index contributed by atoms with van der Waals surface area (Å²) in [7, 11) is 1.42. The molecule has 1 aromatic rings. The molecule has 4 amide bonds. The quantitative estimate of drug-likeness (QED) is 0.310. The molecule has 0 aromatic carbocycles. The number of alkyl carbamates (subject to hydrolysis) is 1. The summed E-state index contributed by atoms with van der Waals surface area (Å²) in [6.07, 6.45) is 2.13. The van der Waals surface area contributed by atoms with Crippen molar-refractivity contribution >= 4 is 35.4 Å². The standard InChI is InChI=1S/C30H46ClN5O7/c1-29(2,3)24(35-28(41)43-30(4,5)6)27(40)36-16-19(42-22-12-11-18(31)15-33-22)14-21(36)25(38)34-20(13-17-9-8-10-17)23(37)26(39)32-7/h11-12,15,17,19-21,23-24,37H,8-10,13-14,16H2,1-7H3,(H,32,39)(H,34,38)(H,35,41)/t19?,20-,21-,23?,24+/m0/s1. The summed E-state index contributed by atoms with van der Waals surface area (Å²) in [4.78, 5) is 58.6. The van der Waals surface area contributed by atoms with Crippen molar-refractivity contribution in [1.29, 1.82) is 0 Å². The number of pyridine rings is 1. The molecule has 4 N–H and O–H groups in total. The Hall–Kier alpha value is -3.12. The largest absolute Gasteiger partial charge is 0.472 e. The minimum Gasteiger partial charge on any atom is -0.472 e. The van der Waals surface area contributed by atoms with E-state index in [0.29, 0.717) is 11.4 Å². The lowest BCUT2D eigenvalue weighted by molar-refractivity contribution is -0.143. The molecule has 0 spiro atoms. The fraction of sp³-hybridized carbons (Fsp3) is 0.700. The lowest BCUT2D eigenvalue weighted by atomic mass is 9.79. The number of aliphatic hydroxyl groups is 1. The summed E-state index contributed by atoms with van der Waals surface area (Å²) < 4.78 is 11.4. The van der Waals surface area contributed by atoms with Crippen LogP contribution in [-0.4, -0.2) is 88.3 Å². The first-order valence-corrected chi connectivity index (χ1v) is 15.1. The Morgan fingerprint density at radius 2 is 1.79 bits per heavy atom. The van der Waals surface area contributed by atoms with Crippen LogP contribution in [0.3, 0.4) is 0 Å². The monoisotopic (exact) mass is 623 g/mol. The van der Waals surface area contributed by atoms with Gasteiger partial charge in [-0.2, -0.15) is 0 Å². The third-order valence-electron chi connectivity index (χ3n) is 7.65. The molecular formula is C30H46ClN5O7. The Labute approximate surface area is 258 Å². The van der Waals surface area contributed by atoms with Crippen molar-refractivity contribution < 1.29 is 33.8 Å². The zero-order valence-corrected chi connectivity index (χ0v) is 26.9. The number of nitrogens with zero attached hydrogens (tertiary/aromatic N) is 2. The van der Waals surface area contributed by atoms with E-state index < -0.39 is 65.2 Å². The third-order valence-corrected chi connectivity index (χ3v) is 7.87. The molecule has 2 aliphatic rings. The van der Waals surface area contributed by atoms with E-state index >= 15 is 0 Å². The zero-order chi connectivity index (χ0) is 32.1. The van der Waals surface area contributed by atoms with Crippen LogP contribution in [0.15, 0.2) is 18.3 Å². The van der Waals surface area contributed by atoms with Crippen molar-refractivity contribution in [2.75, 3.05) is 13.6 Å². The lowest BCUT2D eigenvalue weighted by Crippen LogP contribution is -2.60. The summed E-state index contributed by atoms with van der Waals surface area (Å²) in [6, 6.07) is 0.338. The highest BCUT2D eigenvalue weighted by molar-refractivity contribution is 6.30. The van der Waals surface area contributed by atoms with Crippen LogP contribution in [0.4, 0.5) is 4.79 Å². The SMILES string of the molecule is CNC(=O)C(O)[C@H](CC1CCC1)NC(=O)[C@@H]1CC(Oc2ccc(Cl)cn2)CN1C(=O)[C@@H](NC(=O)OC(C)(C)C)C(C)(C)C. The molecule has 2 unspecified atom stereocenters. The smallest absolute Gasteiger partial charge is 0.408 e. The second-order valence-corrected chi connectivity index (χ2v) is 13.9. The molecule has 12 nitrogen and oxygen atoms in total. The first-order chi connectivity index (χ1) is 20.0. The number of aromatic nitrogens is 1. The van der Waals surface area contributed by atoms with E-state index in [0.717, 1.165) is 19.3 Å². The van der Waals surface area contributed by atoms with Crippen LogP contribution >= 0.6 is 11.6 Å². The first kappa shape index (κ1) is 34.4. The molecule has 1 aromatic heterocycles. The Kier molecular flexibility index (Phi) is 11.3. The maximum atomic E-state index is 14.1. The van der Waals surface area contributed by atoms with Gasteiger partial charge >= 0.3 is 6.09 Å². The van der Waals surface area contributed by atoms with Gasteiger partial charge in [0.15, 0.2) is 6.10 Å². The van der Waals surface area contributed by atoms with Gasteiger partial charge < -0.3 is 35.4 Å². The number of carbonyl (C=O) groups excluding carboxylic acids is 4. The maximum Gasteiger partial charge on any atom is 0.408 e. The van der Waals surface area contributed by atoms with Gasteiger partial charge in [0.05, 0.1) is 17.6 Å². The fourth-order valence-electron chi connectivity index (χ4n) is 5.18. The van der Waals surface area contributed by atoms with E-state index in [1.165, 1.54) is 18.1 Å². The Morgan fingerprint density at radius 3 is 2.30 bits per heavy atom. The molecule has 2 fully saturated rings. The average molecular weight is 624 g/mol. The molecule has 43 heavy (non-hydrogen) atoms. The van der Waals surface area contributed by atoms with Crippen LogP contribution in [0, 0.1) is 11.3 Å². The molecule has 2 heterocycles. The highest BCUT2D eigenvalue weighted by Gasteiger charge is 2.47. The number of ether oxygens (including phenoxy) is 2. The van der Waals surface area contributed by atoms with Gasteiger partial charge in [-0.25, -0.2) is 9.78 Å². The normalized spacial score (nSPS) is 21.2. The Balaban J connectivity index is 1.88. The van der Waals surface area contributed by atoms with E-state index in [2.05, 4.69) is 20.9 Å². The van der Waals surface area contributed by atoms with Gasteiger partial charge in [0.25, 0.3) is 5.91 Å². The number of likely N-dealkylation sites (N-methyl/N-ethyl adjacent to an activating group) is 1. The number of likely N-dealkylation sites (tertiary alicyclic amines) is 1. The highest BCUT2D eigenvalue weighted by atomic mass is 35.5. The highest BCUT2D eigenvalue weighted by Crippen LogP contribution is 2.32. The van der Waals surface area contributed by atoms with Gasteiger partial charge in [0.2, 0.25) is 17.7 Å². The van der Waals surface area contributed by atoms with Crippen LogP contribution in [0.2, 0.25) is 5.02 Å². The molecule has 3 rings (SSSR count). The van der Waals surface area contributed by atoms with Gasteiger partial charge in [-0.05, 0) is 44.6 Å². The fourth-order valence-corrected chi connectivity index (χ4v) is 5.29. The summed E-state index contributed by atoms with van der Waals surface area (Å²) in [6.45, 7) is 10.6. The Morgan fingerprint density at radius 1 is 1.12 bits per heavy atom. The molecule has 1 saturated heterocycles. The summed E-state index contributed by atoms with van der Waals surface area (Å²) in [5.41, 5.74) is -1.52. The van der Waals surface area contributed by atoms with E-state index in [1.807, 2.05) is 0 Å². The number of hydrogen-bond acceptors (Lipinski definition) is 8. The second-order valence-electron chi connectivity index (χ2n) is 13.4. The number of nitrogens with one attached hydrogen (secondary N) is 3. The predicted octanol–water partition coefficient (Wildman–Crippen LogP) is 2.80. The van der Waals surface area contributed by atoms with Crippen molar-refractivity contribution in [2.45, 2.75) is 110 Å². The molecule has 0 bridgehead atoms. The van der Waals surface area contributed by atoms with E-state index in [4.69, 9.17) is 21.1 Å². The van der Waals surface area contributed by atoms with Crippen LogP contribution in [0.5, 0.6) is 5.88 Å². The molecule has 240 valence electrons. The van der Waals surface area contributed by atoms with E-state index in [9.17, 15) is 24.3 Å². The van der Waals surface area contributed by atoms with Crippen molar-refractivity contribution in [2.24, 2.45) is 11.3 Å². The topological polar surface area (TPSA) is 159 Å². The average Bonchev–Trinajstić information content (AvgIpc) is 3.30. The van der Waals surface area contributed by atoms with Gasteiger partial charge in [-0.3, -0.25) is 14.4 Å². The van der Waals surface area contributed by atoms with Crippen LogP contribution in [0.1, 0.15) is 73.6 Å². The molecule has 1 saturated carbocycles. The molecule has 1 aliphatic carbocycles. The van der Waals surface area contributed by atoms with E-state index in [-0.39, 0.29) is 24.8 Å². The van der Waals surface area contributed by atoms with Crippen molar-refractivity contribution in [3.63, 3.8) is 0 Å². The number of hydrogen-bond donors (Lipinski definition) is 4. The molecular weight excluding hydrogens is 578 g/mol. The third kappa shape index (κ3) is 9.69. The summed E-state index contributed by atoms with van der Waals surface area (Å²) in [5.74, 6) is -1.06. The number of carbonyl (C=O) groups is 4. The number of amides is 4. The van der Waals surface area contributed by atoms with Gasteiger partial charge in [-0.1, -0.05) is 51.6 Å². The van der Waals surface area contributed by atoms with Gasteiger partial charge in [0.1, 0.15) is 23.8 Å². The predicted molar refractivity (Wildman–Crippen MR) is 160 cm³/mol. The molecule has 0 radical (unpaired) electrons. The van der Waals surface area contributed by atoms with Crippen molar-refractivity contribution in [3.8, 4) is 5.88 Å². The number of halogens is 1. The molecule has 13 heteroatoms. The minimum absolute atomic E-state index is 0.0368. The second kappa shape index (κ2) is 14.1. The molecule has 1 aliphatic heterocycles. The number of aliphatic hydroxyl groups excluding tert-OH is 1. The number of rotatable bonds is 10. The van der Waals surface area contributed by atoms with Gasteiger partial charge in [-0.15, -0.1) is 0 Å². The first-order valence-electron chi connectivity index (χ1n) is 14.8. The summed E-state index contributed by atoms with van der Waals surface area (Å²) >= 11 is 5.96. The van der Waals surface area contributed by atoms with Crippen LogP contribution in [0.25, 0.3) is 0 Å². The molecule has 5 atom stereocenters. The van der Waals surface area contributed by atoms with Crippen molar-refractivity contribution in [3.05, 3.63) is 23.4 Å². The van der Waals surface area contributed by atoms with Crippen LogP contribution < -0.4 is 20.7 Å². The zero-order valence-electron chi connectivity index (χ0n) is 26.1.